The number of ether oxygens (including phenoxy) is 1. The van der Waals surface area contributed by atoms with Crippen LogP contribution in [0.2, 0.25) is 0 Å². The Hall–Kier alpha value is -2.42. The molecule has 21 heavy (non-hydrogen) atoms. The highest BCUT2D eigenvalue weighted by atomic mass is 16.5. The standard InChI is InChI=1S/C18H16O3/c1-21-17(20)18(16(19)14-10-6-3-7-11-14)12-15(18)13-8-4-2-5-9-13/h2-11,15H,12H2,1H3/t15?,18-/m1/s1. The number of Topliss-reactive ketones (excluding diaryl/α,β-unsaturated/α-hetero) is 1. The van der Waals surface area contributed by atoms with Gasteiger partial charge in [0, 0.05) is 11.5 Å². The minimum Gasteiger partial charge on any atom is -0.468 e. The molecule has 106 valence electrons. The lowest BCUT2D eigenvalue weighted by molar-refractivity contribution is -0.145. The quantitative estimate of drug-likeness (QED) is 0.490. The highest BCUT2D eigenvalue weighted by Crippen LogP contribution is 2.61. The van der Waals surface area contributed by atoms with Crippen molar-refractivity contribution in [2.24, 2.45) is 5.41 Å². The molecule has 2 aromatic carbocycles. The van der Waals surface area contributed by atoms with Crippen molar-refractivity contribution in [2.75, 3.05) is 7.11 Å². The third-order valence-corrected chi connectivity index (χ3v) is 4.15. The topological polar surface area (TPSA) is 43.4 Å². The number of hydrogen-bond acceptors (Lipinski definition) is 3. The van der Waals surface area contributed by atoms with Gasteiger partial charge in [-0.25, -0.2) is 0 Å². The molecule has 3 rings (SSSR count). The minimum absolute atomic E-state index is 0.0983. The Kier molecular flexibility index (Phi) is 3.34. The van der Waals surface area contributed by atoms with Crippen LogP contribution in [0.15, 0.2) is 60.7 Å². The number of benzene rings is 2. The predicted molar refractivity (Wildman–Crippen MR) is 79.0 cm³/mol. The molecule has 1 saturated carbocycles. The second-order valence-corrected chi connectivity index (χ2v) is 5.33. The summed E-state index contributed by atoms with van der Waals surface area (Å²) in [6.07, 6.45) is 0.511. The molecule has 0 N–H and O–H groups in total. The zero-order chi connectivity index (χ0) is 14.9. The van der Waals surface area contributed by atoms with Gasteiger partial charge in [-0.1, -0.05) is 60.7 Å². The molecule has 2 atom stereocenters. The van der Waals surface area contributed by atoms with Crippen molar-refractivity contribution in [3.05, 3.63) is 71.8 Å². The molecule has 0 heterocycles. The largest absolute Gasteiger partial charge is 0.468 e. The number of ketones is 1. The van der Waals surface area contributed by atoms with Gasteiger partial charge in [-0.3, -0.25) is 9.59 Å². The van der Waals surface area contributed by atoms with Gasteiger partial charge in [0.1, 0.15) is 5.41 Å². The summed E-state index contributed by atoms with van der Waals surface area (Å²) in [5, 5.41) is 0. The lowest BCUT2D eigenvalue weighted by Crippen LogP contribution is -2.29. The van der Waals surface area contributed by atoms with E-state index in [1.165, 1.54) is 7.11 Å². The van der Waals surface area contributed by atoms with Gasteiger partial charge in [-0.05, 0) is 12.0 Å². The minimum atomic E-state index is -1.06. The summed E-state index contributed by atoms with van der Waals surface area (Å²) >= 11 is 0. The van der Waals surface area contributed by atoms with E-state index in [1.54, 1.807) is 24.3 Å². The van der Waals surface area contributed by atoms with Crippen LogP contribution in [0.3, 0.4) is 0 Å². The van der Waals surface area contributed by atoms with Gasteiger partial charge in [0.15, 0.2) is 5.78 Å². The summed E-state index contributed by atoms with van der Waals surface area (Å²) in [6, 6.07) is 18.6. The summed E-state index contributed by atoms with van der Waals surface area (Å²) < 4.78 is 4.91. The van der Waals surface area contributed by atoms with Gasteiger partial charge in [-0.15, -0.1) is 0 Å². The van der Waals surface area contributed by atoms with E-state index >= 15 is 0 Å². The molecule has 0 radical (unpaired) electrons. The molecule has 0 saturated heterocycles. The second-order valence-electron chi connectivity index (χ2n) is 5.33. The van der Waals surface area contributed by atoms with Crippen LogP contribution in [0.5, 0.6) is 0 Å². The summed E-state index contributed by atoms with van der Waals surface area (Å²) in [5.41, 5.74) is 0.505. The molecular weight excluding hydrogens is 264 g/mol. The lowest BCUT2D eigenvalue weighted by Gasteiger charge is -2.14. The van der Waals surface area contributed by atoms with E-state index in [4.69, 9.17) is 4.74 Å². The fourth-order valence-electron chi connectivity index (χ4n) is 2.95. The number of methoxy groups -OCH3 is 1. The van der Waals surface area contributed by atoms with Crippen molar-refractivity contribution in [1.82, 2.24) is 0 Å². The molecule has 0 bridgehead atoms. The molecule has 3 heteroatoms. The van der Waals surface area contributed by atoms with Crippen molar-refractivity contribution in [3.63, 3.8) is 0 Å². The fraction of sp³-hybridized carbons (Fsp3) is 0.222. The average molecular weight is 280 g/mol. The number of hydrogen-bond donors (Lipinski definition) is 0. The van der Waals surface area contributed by atoms with E-state index in [0.29, 0.717) is 12.0 Å². The van der Waals surface area contributed by atoms with Crippen LogP contribution in [0.1, 0.15) is 28.3 Å². The number of carbonyl (C=O) groups excluding carboxylic acids is 2. The molecule has 3 nitrogen and oxygen atoms in total. The zero-order valence-electron chi connectivity index (χ0n) is 11.8. The van der Waals surface area contributed by atoms with Gasteiger partial charge in [-0.2, -0.15) is 0 Å². The van der Waals surface area contributed by atoms with Crippen LogP contribution < -0.4 is 0 Å². The Morgan fingerprint density at radius 2 is 1.57 bits per heavy atom. The van der Waals surface area contributed by atoms with E-state index in [1.807, 2.05) is 36.4 Å². The van der Waals surface area contributed by atoms with Gasteiger partial charge >= 0.3 is 5.97 Å². The number of rotatable bonds is 4. The van der Waals surface area contributed by atoms with E-state index < -0.39 is 11.4 Å². The van der Waals surface area contributed by atoms with E-state index in [9.17, 15) is 9.59 Å². The first-order chi connectivity index (χ1) is 10.2. The van der Waals surface area contributed by atoms with Gasteiger partial charge < -0.3 is 4.74 Å². The van der Waals surface area contributed by atoms with E-state index in [2.05, 4.69) is 0 Å². The van der Waals surface area contributed by atoms with Gasteiger partial charge in [0.2, 0.25) is 0 Å². The number of carbonyl (C=O) groups is 2. The highest BCUT2D eigenvalue weighted by Gasteiger charge is 2.66. The maximum Gasteiger partial charge on any atom is 0.320 e. The fourth-order valence-corrected chi connectivity index (χ4v) is 2.95. The number of esters is 1. The third-order valence-electron chi connectivity index (χ3n) is 4.15. The maximum absolute atomic E-state index is 12.8. The van der Waals surface area contributed by atoms with Crippen LogP contribution in [0.25, 0.3) is 0 Å². The Bertz CT molecular complexity index is 663. The SMILES string of the molecule is COC(=O)[C@]1(C(=O)c2ccccc2)CC1c1ccccc1. The molecule has 0 aliphatic heterocycles. The molecule has 0 spiro atoms. The first kappa shape index (κ1) is 13.6. The third kappa shape index (κ3) is 2.15. The molecule has 1 fully saturated rings. The monoisotopic (exact) mass is 280 g/mol. The van der Waals surface area contributed by atoms with Crippen LogP contribution >= 0.6 is 0 Å². The van der Waals surface area contributed by atoms with Gasteiger partial charge in [0.25, 0.3) is 0 Å². The summed E-state index contributed by atoms with van der Waals surface area (Å²) in [7, 11) is 1.34. The first-order valence-corrected chi connectivity index (χ1v) is 6.93. The highest BCUT2D eigenvalue weighted by molar-refractivity contribution is 6.16. The Morgan fingerprint density at radius 1 is 1.00 bits per heavy atom. The zero-order valence-corrected chi connectivity index (χ0v) is 11.8. The van der Waals surface area contributed by atoms with Crippen molar-refractivity contribution in [2.45, 2.75) is 12.3 Å². The van der Waals surface area contributed by atoms with Crippen LogP contribution in [0, 0.1) is 5.41 Å². The Labute approximate surface area is 123 Å². The molecular formula is C18H16O3. The molecule has 0 aromatic heterocycles. The Balaban J connectivity index is 1.98. The Morgan fingerprint density at radius 3 is 2.14 bits per heavy atom. The second kappa shape index (κ2) is 5.17. The predicted octanol–water partition coefficient (Wildman–Crippen LogP) is 3.22. The van der Waals surface area contributed by atoms with Crippen molar-refractivity contribution in [1.29, 1.82) is 0 Å². The van der Waals surface area contributed by atoms with Crippen LogP contribution in [-0.4, -0.2) is 18.9 Å². The molecule has 0 amide bonds. The molecule has 2 aromatic rings. The van der Waals surface area contributed by atoms with Crippen molar-refractivity contribution < 1.29 is 14.3 Å². The average Bonchev–Trinajstić information content (AvgIpc) is 3.32. The summed E-state index contributed by atoms with van der Waals surface area (Å²) in [4.78, 5) is 25.1. The van der Waals surface area contributed by atoms with Crippen molar-refractivity contribution >= 4 is 11.8 Å². The lowest BCUT2D eigenvalue weighted by atomic mass is 9.90. The summed E-state index contributed by atoms with van der Waals surface area (Å²) in [6.45, 7) is 0. The first-order valence-electron chi connectivity index (χ1n) is 6.93. The van der Waals surface area contributed by atoms with Gasteiger partial charge in [0.05, 0.1) is 7.11 Å². The smallest absolute Gasteiger partial charge is 0.320 e. The van der Waals surface area contributed by atoms with E-state index in [-0.39, 0.29) is 11.7 Å². The van der Waals surface area contributed by atoms with Crippen LogP contribution in [-0.2, 0) is 9.53 Å². The normalized spacial score (nSPS) is 23.4. The van der Waals surface area contributed by atoms with Crippen LogP contribution in [0.4, 0.5) is 0 Å². The van der Waals surface area contributed by atoms with E-state index in [0.717, 1.165) is 5.56 Å². The molecule has 1 aliphatic rings. The van der Waals surface area contributed by atoms with Crippen molar-refractivity contribution in [3.8, 4) is 0 Å². The maximum atomic E-state index is 12.8. The molecule has 1 aliphatic carbocycles. The summed E-state index contributed by atoms with van der Waals surface area (Å²) in [5.74, 6) is -0.687. The molecule has 1 unspecified atom stereocenters.